The fraction of sp³-hybridized carbons (Fsp3) is 0.222. The highest BCUT2D eigenvalue weighted by molar-refractivity contribution is 6.31. The Morgan fingerprint density at radius 3 is 2.69 bits per heavy atom. The summed E-state index contributed by atoms with van der Waals surface area (Å²) in [6.07, 6.45) is 0. The second kappa shape index (κ2) is 3.66. The summed E-state index contributed by atoms with van der Waals surface area (Å²) < 4.78 is 0. The van der Waals surface area contributed by atoms with E-state index in [9.17, 15) is 4.79 Å². The van der Waals surface area contributed by atoms with Gasteiger partial charge in [-0.05, 0) is 13.0 Å². The molecule has 4 heteroatoms. The third-order valence-electron chi connectivity index (χ3n) is 1.77. The summed E-state index contributed by atoms with van der Waals surface area (Å²) in [5.41, 5.74) is 12.8. The van der Waals surface area contributed by atoms with Crippen LogP contribution in [0, 0.1) is 6.92 Å². The van der Waals surface area contributed by atoms with Gasteiger partial charge in [0.25, 0.3) is 0 Å². The summed E-state index contributed by atoms with van der Waals surface area (Å²) in [6, 6.07) is 5.32. The monoisotopic (exact) mass is 198 g/mol. The predicted molar refractivity (Wildman–Crippen MR) is 53.4 cm³/mol. The number of hydrogen-bond donors (Lipinski definition) is 2. The summed E-state index contributed by atoms with van der Waals surface area (Å²) in [7, 11) is 0. The lowest BCUT2D eigenvalue weighted by Gasteiger charge is -2.09. The number of carbonyl (C=O) groups excluding carboxylic acids is 1. The molecule has 0 aliphatic carbocycles. The molecule has 1 rings (SSSR count). The van der Waals surface area contributed by atoms with E-state index >= 15 is 0 Å². The quantitative estimate of drug-likeness (QED) is 0.556. The summed E-state index contributed by atoms with van der Waals surface area (Å²) in [6.45, 7) is 1.90. The van der Waals surface area contributed by atoms with Gasteiger partial charge in [0.15, 0.2) is 0 Å². The van der Waals surface area contributed by atoms with Gasteiger partial charge in [-0.2, -0.15) is 0 Å². The fourth-order valence-corrected chi connectivity index (χ4v) is 1.26. The molecule has 3 nitrogen and oxygen atoms in total. The first-order valence-corrected chi connectivity index (χ1v) is 4.25. The fourth-order valence-electron chi connectivity index (χ4n) is 1.07. The number of anilines is 1. The van der Waals surface area contributed by atoms with Gasteiger partial charge in [0.05, 0.1) is 0 Å². The lowest BCUT2D eigenvalue weighted by Crippen LogP contribution is -2.18. The first-order chi connectivity index (χ1) is 6.02. The Bertz CT molecular complexity index is 338. The molecule has 1 aromatic rings. The van der Waals surface area contributed by atoms with Crippen LogP contribution in [0.15, 0.2) is 18.2 Å². The van der Waals surface area contributed by atoms with Crippen LogP contribution < -0.4 is 11.5 Å². The van der Waals surface area contributed by atoms with Crippen LogP contribution in [-0.4, -0.2) is 5.91 Å². The Morgan fingerprint density at radius 2 is 2.15 bits per heavy atom. The standard InChI is InChI=1S/C9H11ClN2O/c1-5-2-3-7(11)6(4-5)8(10)9(12)13/h2-4,8H,11H2,1H3,(H2,12,13). The van der Waals surface area contributed by atoms with E-state index < -0.39 is 11.3 Å². The minimum atomic E-state index is -0.847. The summed E-state index contributed by atoms with van der Waals surface area (Å²) in [4.78, 5) is 10.8. The van der Waals surface area contributed by atoms with Crippen molar-refractivity contribution in [3.05, 3.63) is 29.3 Å². The molecule has 0 heterocycles. The number of alkyl halides is 1. The van der Waals surface area contributed by atoms with E-state index in [1.54, 1.807) is 12.1 Å². The molecule has 1 atom stereocenters. The smallest absolute Gasteiger partial charge is 0.240 e. The molecular formula is C9H11ClN2O. The van der Waals surface area contributed by atoms with Crippen LogP contribution in [0.5, 0.6) is 0 Å². The Hall–Kier alpha value is -1.22. The minimum absolute atomic E-state index is 0.490. The van der Waals surface area contributed by atoms with Gasteiger partial charge < -0.3 is 11.5 Å². The highest BCUT2D eigenvalue weighted by Crippen LogP contribution is 2.26. The lowest BCUT2D eigenvalue weighted by molar-refractivity contribution is -0.117. The maximum atomic E-state index is 10.8. The van der Waals surface area contributed by atoms with Crippen LogP contribution in [0.3, 0.4) is 0 Å². The maximum Gasteiger partial charge on any atom is 0.240 e. The largest absolute Gasteiger partial charge is 0.398 e. The first-order valence-electron chi connectivity index (χ1n) is 3.82. The zero-order valence-corrected chi connectivity index (χ0v) is 8.01. The molecule has 4 N–H and O–H groups in total. The molecule has 1 aromatic carbocycles. The first kappa shape index (κ1) is 9.86. The Morgan fingerprint density at radius 1 is 1.54 bits per heavy atom. The average Bonchev–Trinajstić information content (AvgIpc) is 2.08. The summed E-state index contributed by atoms with van der Waals surface area (Å²) >= 11 is 5.76. The van der Waals surface area contributed by atoms with Gasteiger partial charge in [-0.1, -0.05) is 17.7 Å². The highest BCUT2D eigenvalue weighted by atomic mass is 35.5. The molecule has 0 fully saturated rings. The molecule has 70 valence electrons. The van der Waals surface area contributed by atoms with Crippen molar-refractivity contribution < 1.29 is 4.79 Å². The van der Waals surface area contributed by atoms with E-state index in [4.69, 9.17) is 23.1 Å². The lowest BCUT2D eigenvalue weighted by atomic mass is 10.1. The van der Waals surface area contributed by atoms with Crippen molar-refractivity contribution >= 4 is 23.2 Å². The average molecular weight is 199 g/mol. The number of rotatable bonds is 2. The highest BCUT2D eigenvalue weighted by Gasteiger charge is 2.16. The van der Waals surface area contributed by atoms with Gasteiger partial charge in [0.1, 0.15) is 5.38 Å². The molecule has 0 aromatic heterocycles. The predicted octanol–water partition coefficient (Wildman–Crippen LogP) is 1.34. The van der Waals surface area contributed by atoms with Crippen LogP contribution in [0.4, 0.5) is 5.69 Å². The van der Waals surface area contributed by atoms with Crippen molar-refractivity contribution in [1.82, 2.24) is 0 Å². The van der Waals surface area contributed by atoms with Gasteiger partial charge in [-0.25, -0.2) is 0 Å². The molecule has 0 radical (unpaired) electrons. The van der Waals surface area contributed by atoms with Crippen LogP contribution in [0.25, 0.3) is 0 Å². The Labute approximate surface area is 81.7 Å². The van der Waals surface area contributed by atoms with E-state index in [2.05, 4.69) is 0 Å². The number of carbonyl (C=O) groups is 1. The molecule has 0 bridgehead atoms. The molecule has 1 unspecified atom stereocenters. The van der Waals surface area contributed by atoms with E-state index in [1.807, 2.05) is 13.0 Å². The zero-order valence-electron chi connectivity index (χ0n) is 7.25. The second-order valence-electron chi connectivity index (χ2n) is 2.90. The summed E-state index contributed by atoms with van der Waals surface area (Å²) in [5.74, 6) is -0.584. The van der Waals surface area contributed by atoms with Crippen molar-refractivity contribution in [3.63, 3.8) is 0 Å². The van der Waals surface area contributed by atoms with Crippen molar-refractivity contribution in [2.45, 2.75) is 12.3 Å². The molecular weight excluding hydrogens is 188 g/mol. The number of hydrogen-bond acceptors (Lipinski definition) is 2. The number of benzene rings is 1. The molecule has 0 saturated carbocycles. The molecule has 1 amide bonds. The van der Waals surface area contributed by atoms with Gasteiger partial charge >= 0.3 is 0 Å². The van der Waals surface area contributed by atoms with Crippen LogP contribution >= 0.6 is 11.6 Å². The van der Waals surface area contributed by atoms with E-state index in [-0.39, 0.29) is 0 Å². The van der Waals surface area contributed by atoms with Gasteiger partial charge in [-0.3, -0.25) is 4.79 Å². The number of primary amides is 1. The zero-order chi connectivity index (χ0) is 10.0. The van der Waals surface area contributed by atoms with E-state index in [1.165, 1.54) is 0 Å². The van der Waals surface area contributed by atoms with Crippen LogP contribution in [0.1, 0.15) is 16.5 Å². The number of aryl methyl sites for hydroxylation is 1. The summed E-state index contributed by atoms with van der Waals surface area (Å²) in [5, 5.41) is -0.847. The molecule has 0 aliphatic rings. The van der Waals surface area contributed by atoms with E-state index in [0.717, 1.165) is 5.56 Å². The van der Waals surface area contributed by atoms with Gasteiger partial charge in [0, 0.05) is 11.3 Å². The minimum Gasteiger partial charge on any atom is -0.398 e. The molecule has 0 spiro atoms. The molecule has 0 aliphatic heterocycles. The van der Waals surface area contributed by atoms with Crippen LogP contribution in [0.2, 0.25) is 0 Å². The molecule has 13 heavy (non-hydrogen) atoms. The Balaban J connectivity index is 3.12. The van der Waals surface area contributed by atoms with Gasteiger partial charge in [0.2, 0.25) is 5.91 Å². The topological polar surface area (TPSA) is 69.1 Å². The Kier molecular flexibility index (Phi) is 2.78. The van der Waals surface area contributed by atoms with Crippen molar-refractivity contribution in [2.24, 2.45) is 5.73 Å². The SMILES string of the molecule is Cc1ccc(N)c(C(Cl)C(N)=O)c1. The third-order valence-corrected chi connectivity index (χ3v) is 2.22. The van der Waals surface area contributed by atoms with Gasteiger partial charge in [-0.15, -0.1) is 11.6 Å². The van der Waals surface area contributed by atoms with Crippen molar-refractivity contribution in [3.8, 4) is 0 Å². The number of nitrogens with two attached hydrogens (primary N) is 2. The normalized spacial score (nSPS) is 12.5. The number of amides is 1. The third kappa shape index (κ3) is 2.12. The molecule has 0 saturated heterocycles. The van der Waals surface area contributed by atoms with E-state index in [0.29, 0.717) is 11.3 Å². The maximum absolute atomic E-state index is 10.8. The van der Waals surface area contributed by atoms with Crippen molar-refractivity contribution in [1.29, 1.82) is 0 Å². The number of halogens is 1. The second-order valence-corrected chi connectivity index (χ2v) is 3.33. The number of nitrogen functional groups attached to an aromatic ring is 1. The van der Waals surface area contributed by atoms with Crippen molar-refractivity contribution in [2.75, 3.05) is 5.73 Å². The van der Waals surface area contributed by atoms with Crippen LogP contribution in [-0.2, 0) is 4.79 Å².